The summed E-state index contributed by atoms with van der Waals surface area (Å²) in [4.78, 5) is 35.2. The fraction of sp³-hybridized carbons (Fsp3) is 0.308. The number of nitrogens with zero attached hydrogens (tertiary/aromatic N) is 1. The maximum atomic E-state index is 13.5. The predicted octanol–water partition coefficient (Wildman–Crippen LogP) is 1.86. The molecular weight excluding hydrogens is 256 g/mol. The quantitative estimate of drug-likeness (QED) is 0.782. The van der Waals surface area contributed by atoms with Crippen molar-refractivity contribution in [2.24, 2.45) is 0 Å². The number of fused-ring (bicyclic) bond motifs is 1. The number of rotatable bonds is 4. The second-order valence-corrected chi connectivity index (χ2v) is 4.37. The second-order valence-electron chi connectivity index (χ2n) is 4.37. The zero-order valence-corrected chi connectivity index (χ0v) is 10.2. The van der Waals surface area contributed by atoms with E-state index < -0.39 is 28.9 Å². The van der Waals surface area contributed by atoms with E-state index in [9.17, 15) is 23.2 Å². The molecular formula is C13H11F2NO3. The Balaban J connectivity index is 2.31. The van der Waals surface area contributed by atoms with Crippen LogP contribution in [0.15, 0.2) is 12.1 Å². The van der Waals surface area contributed by atoms with Crippen molar-refractivity contribution in [3.8, 4) is 0 Å². The van der Waals surface area contributed by atoms with Crippen LogP contribution in [0.5, 0.6) is 0 Å². The van der Waals surface area contributed by atoms with Gasteiger partial charge in [-0.15, -0.1) is 0 Å². The Morgan fingerprint density at radius 2 is 1.95 bits per heavy atom. The molecule has 0 aliphatic carbocycles. The number of ketones is 2. The Bertz CT molecular complexity index is 583. The standard InChI is InChI=1S/C13H11F2NO3/c1-7(17)3-2-4-16-10-6-8(14)5-9(15)11(10)12(18)13(16)19/h5-6H,2-4H2,1H3. The van der Waals surface area contributed by atoms with Gasteiger partial charge >= 0.3 is 0 Å². The van der Waals surface area contributed by atoms with Crippen molar-refractivity contribution >= 4 is 23.2 Å². The summed E-state index contributed by atoms with van der Waals surface area (Å²) in [6, 6.07) is 1.53. The maximum Gasteiger partial charge on any atom is 0.299 e. The molecule has 0 fully saturated rings. The number of Topliss-reactive ketones (excluding diaryl/α,β-unsaturated/α-hetero) is 2. The molecule has 0 aromatic heterocycles. The van der Waals surface area contributed by atoms with Gasteiger partial charge in [-0.1, -0.05) is 0 Å². The molecule has 0 N–H and O–H groups in total. The van der Waals surface area contributed by atoms with Crippen molar-refractivity contribution in [1.82, 2.24) is 0 Å². The van der Waals surface area contributed by atoms with Crippen LogP contribution in [0.2, 0.25) is 0 Å². The Hall–Kier alpha value is -2.11. The van der Waals surface area contributed by atoms with Gasteiger partial charge in [0.2, 0.25) is 0 Å². The number of amides is 1. The third kappa shape index (κ3) is 2.38. The number of benzene rings is 1. The Morgan fingerprint density at radius 1 is 1.26 bits per heavy atom. The largest absolute Gasteiger partial charge is 0.305 e. The predicted molar refractivity (Wildman–Crippen MR) is 63.0 cm³/mol. The average molecular weight is 267 g/mol. The molecule has 1 aromatic rings. The zero-order chi connectivity index (χ0) is 14.2. The van der Waals surface area contributed by atoms with Crippen LogP contribution < -0.4 is 4.90 Å². The van der Waals surface area contributed by atoms with Crippen molar-refractivity contribution in [1.29, 1.82) is 0 Å². The van der Waals surface area contributed by atoms with E-state index in [1.165, 1.54) is 6.92 Å². The molecule has 1 aliphatic heterocycles. The fourth-order valence-corrected chi connectivity index (χ4v) is 2.04. The SMILES string of the molecule is CC(=O)CCCN1C(=O)C(=O)c2c(F)cc(F)cc21. The molecule has 1 aromatic carbocycles. The zero-order valence-electron chi connectivity index (χ0n) is 10.2. The van der Waals surface area contributed by atoms with Gasteiger partial charge in [0, 0.05) is 19.0 Å². The smallest absolute Gasteiger partial charge is 0.299 e. The van der Waals surface area contributed by atoms with Crippen LogP contribution in [0.3, 0.4) is 0 Å². The van der Waals surface area contributed by atoms with E-state index in [2.05, 4.69) is 0 Å². The van der Waals surface area contributed by atoms with Gasteiger partial charge in [-0.25, -0.2) is 8.78 Å². The van der Waals surface area contributed by atoms with Crippen LogP contribution in [-0.4, -0.2) is 24.0 Å². The van der Waals surface area contributed by atoms with Gasteiger partial charge in [-0.05, 0) is 19.4 Å². The van der Waals surface area contributed by atoms with Crippen LogP contribution in [0.25, 0.3) is 0 Å². The van der Waals surface area contributed by atoms with E-state index in [1.807, 2.05) is 0 Å². The highest BCUT2D eigenvalue weighted by atomic mass is 19.1. The first-order valence-corrected chi connectivity index (χ1v) is 5.76. The Labute approximate surface area is 108 Å². The highest BCUT2D eigenvalue weighted by Gasteiger charge is 2.38. The minimum atomic E-state index is -1.04. The van der Waals surface area contributed by atoms with Gasteiger partial charge in [0.25, 0.3) is 11.7 Å². The fourth-order valence-electron chi connectivity index (χ4n) is 2.04. The van der Waals surface area contributed by atoms with E-state index >= 15 is 0 Å². The summed E-state index contributed by atoms with van der Waals surface area (Å²) in [7, 11) is 0. The van der Waals surface area contributed by atoms with Crippen LogP contribution in [0.1, 0.15) is 30.1 Å². The van der Waals surface area contributed by atoms with Crippen LogP contribution >= 0.6 is 0 Å². The molecule has 0 saturated carbocycles. The molecule has 0 atom stereocenters. The number of halogens is 2. The summed E-state index contributed by atoms with van der Waals surface area (Å²) in [5.74, 6) is -3.81. The van der Waals surface area contributed by atoms with E-state index in [-0.39, 0.29) is 24.4 Å². The first-order valence-electron chi connectivity index (χ1n) is 5.76. The topological polar surface area (TPSA) is 54.5 Å². The third-order valence-electron chi connectivity index (χ3n) is 2.90. The van der Waals surface area contributed by atoms with E-state index in [1.54, 1.807) is 0 Å². The van der Waals surface area contributed by atoms with Gasteiger partial charge in [-0.3, -0.25) is 9.59 Å². The van der Waals surface area contributed by atoms with Crippen molar-refractivity contribution in [2.45, 2.75) is 19.8 Å². The molecule has 0 radical (unpaired) electrons. The third-order valence-corrected chi connectivity index (χ3v) is 2.90. The summed E-state index contributed by atoms with van der Waals surface area (Å²) >= 11 is 0. The molecule has 0 saturated heterocycles. The number of carbonyl (C=O) groups excluding carboxylic acids is 3. The first-order chi connectivity index (χ1) is 8.91. The first kappa shape index (κ1) is 13.3. The van der Waals surface area contributed by atoms with E-state index in [4.69, 9.17) is 0 Å². The highest BCUT2D eigenvalue weighted by molar-refractivity contribution is 6.52. The van der Waals surface area contributed by atoms with Crippen LogP contribution in [0.4, 0.5) is 14.5 Å². The van der Waals surface area contributed by atoms with Gasteiger partial charge in [0.15, 0.2) is 0 Å². The van der Waals surface area contributed by atoms with Crippen molar-refractivity contribution < 1.29 is 23.2 Å². The lowest BCUT2D eigenvalue weighted by molar-refractivity contribution is -0.117. The summed E-state index contributed by atoms with van der Waals surface area (Å²) in [5.41, 5.74) is -0.453. The van der Waals surface area contributed by atoms with Crippen molar-refractivity contribution in [3.05, 3.63) is 29.3 Å². The molecule has 6 heteroatoms. The van der Waals surface area contributed by atoms with Gasteiger partial charge < -0.3 is 9.69 Å². The van der Waals surface area contributed by atoms with E-state index in [0.29, 0.717) is 12.5 Å². The number of anilines is 1. The highest BCUT2D eigenvalue weighted by Crippen LogP contribution is 2.32. The summed E-state index contributed by atoms with van der Waals surface area (Å²) < 4.78 is 26.7. The Morgan fingerprint density at radius 3 is 2.58 bits per heavy atom. The monoisotopic (exact) mass is 267 g/mol. The van der Waals surface area contributed by atoms with Crippen LogP contribution in [-0.2, 0) is 9.59 Å². The molecule has 0 spiro atoms. The summed E-state index contributed by atoms with van der Waals surface area (Å²) in [5, 5.41) is 0. The molecule has 100 valence electrons. The lowest BCUT2D eigenvalue weighted by atomic mass is 10.1. The minimum absolute atomic E-state index is 0.0522. The molecule has 1 amide bonds. The van der Waals surface area contributed by atoms with Gasteiger partial charge in [0.1, 0.15) is 17.4 Å². The van der Waals surface area contributed by atoms with Crippen molar-refractivity contribution in [2.75, 3.05) is 11.4 Å². The number of hydrogen-bond donors (Lipinski definition) is 0. The molecule has 2 rings (SSSR count). The normalized spacial score (nSPS) is 13.9. The van der Waals surface area contributed by atoms with Gasteiger partial charge in [-0.2, -0.15) is 0 Å². The Kier molecular flexibility index (Phi) is 3.42. The average Bonchev–Trinajstić information content (AvgIpc) is 2.53. The van der Waals surface area contributed by atoms with Crippen LogP contribution in [0, 0.1) is 11.6 Å². The lowest BCUT2D eigenvalue weighted by Gasteiger charge is -2.15. The van der Waals surface area contributed by atoms with E-state index in [0.717, 1.165) is 11.0 Å². The minimum Gasteiger partial charge on any atom is -0.305 e. The van der Waals surface area contributed by atoms with Gasteiger partial charge in [0.05, 0.1) is 11.3 Å². The molecule has 4 nitrogen and oxygen atoms in total. The number of carbonyl (C=O) groups is 3. The lowest BCUT2D eigenvalue weighted by Crippen LogP contribution is -2.30. The second kappa shape index (κ2) is 4.87. The van der Waals surface area contributed by atoms with Crippen molar-refractivity contribution in [3.63, 3.8) is 0 Å². The molecule has 19 heavy (non-hydrogen) atoms. The molecule has 0 bridgehead atoms. The molecule has 1 heterocycles. The maximum absolute atomic E-state index is 13.5. The number of hydrogen-bond acceptors (Lipinski definition) is 3. The summed E-state index contributed by atoms with van der Waals surface area (Å²) in [6.45, 7) is 1.49. The molecule has 1 aliphatic rings. The summed E-state index contributed by atoms with van der Waals surface area (Å²) in [6.07, 6.45) is 0.580. The molecule has 0 unspecified atom stereocenters.